The van der Waals surface area contributed by atoms with Gasteiger partial charge < -0.3 is 4.98 Å². The highest BCUT2D eigenvalue weighted by atomic mass is 32.2. The lowest BCUT2D eigenvalue weighted by molar-refractivity contribution is 0.184. The van der Waals surface area contributed by atoms with E-state index in [9.17, 15) is 9.18 Å². The Morgan fingerprint density at radius 2 is 2.17 bits per heavy atom. The van der Waals surface area contributed by atoms with Crippen molar-refractivity contribution >= 4 is 11.8 Å². The molecule has 0 amide bonds. The minimum atomic E-state index is -0.176. The predicted octanol–water partition coefficient (Wildman–Crippen LogP) is 2.91. The number of nitrogens with one attached hydrogen (secondary N) is 1. The summed E-state index contributed by atoms with van der Waals surface area (Å²) in [4.78, 5) is 21.8. The zero-order valence-corrected chi connectivity index (χ0v) is 13.7. The Morgan fingerprint density at radius 1 is 1.35 bits per heavy atom. The first-order valence-corrected chi connectivity index (χ1v) is 8.82. The van der Waals surface area contributed by atoms with Crippen molar-refractivity contribution in [1.82, 2.24) is 14.9 Å². The normalized spacial score (nSPS) is 16.6. The lowest BCUT2D eigenvalue weighted by Gasteiger charge is -2.31. The summed E-state index contributed by atoms with van der Waals surface area (Å²) in [6.45, 7) is 2.56. The third-order valence-electron chi connectivity index (χ3n) is 4.14. The molecule has 0 bridgehead atoms. The molecule has 1 aromatic carbocycles. The summed E-state index contributed by atoms with van der Waals surface area (Å²) < 4.78 is 13.2. The number of nitrogens with zero attached hydrogens (tertiary/aromatic N) is 2. The van der Waals surface area contributed by atoms with Gasteiger partial charge in [0, 0.05) is 29.6 Å². The van der Waals surface area contributed by atoms with Gasteiger partial charge >= 0.3 is 0 Å². The van der Waals surface area contributed by atoms with Crippen LogP contribution in [0.4, 0.5) is 4.39 Å². The molecule has 1 aliphatic rings. The van der Waals surface area contributed by atoms with Crippen LogP contribution in [0, 0.1) is 11.7 Å². The van der Waals surface area contributed by atoms with Crippen molar-refractivity contribution in [1.29, 1.82) is 0 Å². The third-order valence-corrected chi connectivity index (χ3v) is 5.37. The number of thioether (sulfide) groups is 1. The number of likely N-dealkylation sites (tertiary alicyclic amines) is 1. The largest absolute Gasteiger partial charge is 0.326 e. The van der Waals surface area contributed by atoms with E-state index in [0.29, 0.717) is 18.2 Å². The number of rotatable bonds is 5. The average molecular weight is 333 g/mol. The highest BCUT2D eigenvalue weighted by Crippen LogP contribution is 2.27. The van der Waals surface area contributed by atoms with Crippen LogP contribution >= 0.6 is 11.8 Å². The lowest BCUT2D eigenvalue weighted by Crippen LogP contribution is -2.35. The van der Waals surface area contributed by atoms with Crippen molar-refractivity contribution < 1.29 is 4.39 Å². The number of piperidine rings is 1. The van der Waals surface area contributed by atoms with Gasteiger partial charge in [-0.3, -0.25) is 14.7 Å². The van der Waals surface area contributed by atoms with Crippen molar-refractivity contribution in [3.05, 3.63) is 58.5 Å². The van der Waals surface area contributed by atoms with Crippen LogP contribution in [-0.4, -0.2) is 33.7 Å². The van der Waals surface area contributed by atoms with Gasteiger partial charge in [-0.05, 0) is 50.0 Å². The van der Waals surface area contributed by atoms with Crippen LogP contribution in [0.5, 0.6) is 0 Å². The van der Waals surface area contributed by atoms with Gasteiger partial charge in [0.2, 0.25) is 0 Å². The Balaban J connectivity index is 1.45. The molecule has 3 rings (SSSR count). The maximum absolute atomic E-state index is 13.2. The van der Waals surface area contributed by atoms with E-state index in [1.807, 2.05) is 6.07 Å². The minimum Gasteiger partial charge on any atom is -0.326 e. The second-order valence-corrected chi connectivity index (χ2v) is 6.95. The van der Waals surface area contributed by atoms with Crippen LogP contribution < -0.4 is 5.56 Å². The summed E-state index contributed by atoms with van der Waals surface area (Å²) >= 11 is 1.72. The second-order valence-electron chi connectivity index (χ2n) is 5.85. The molecule has 6 heteroatoms. The van der Waals surface area contributed by atoms with Crippen molar-refractivity contribution in [2.75, 3.05) is 18.8 Å². The summed E-state index contributed by atoms with van der Waals surface area (Å²) in [7, 11) is 0. The van der Waals surface area contributed by atoms with Crippen molar-refractivity contribution in [2.45, 2.75) is 24.3 Å². The van der Waals surface area contributed by atoms with E-state index >= 15 is 0 Å². The van der Waals surface area contributed by atoms with Gasteiger partial charge in [0.05, 0.1) is 0 Å². The zero-order valence-electron chi connectivity index (χ0n) is 12.9. The highest BCUT2D eigenvalue weighted by molar-refractivity contribution is 7.99. The first-order valence-electron chi connectivity index (χ1n) is 7.84. The Bertz CT molecular complexity index is 698. The van der Waals surface area contributed by atoms with Crippen LogP contribution in [0.1, 0.15) is 18.5 Å². The number of H-pyrrole nitrogens is 1. The summed E-state index contributed by atoms with van der Waals surface area (Å²) in [6, 6.07) is 6.77. The topological polar surface area (TPSA) is 49.0 Å². The number of benzene rings is 1. The number of aromatic nitrogens is 2. The number of hydrogen-bond donors (Lipinski definition) is 1. The predicted molar refractivity (Wildman–Crippen MR) is 90.0 cm³/mol. The molecule has 2 heterocycles. The summed E-state index contributed by atoms with van der Waals surface area (Å²) in [6.07, 6.45) is 5.39. The molecule has 1 aromatic heterocycles. The Labute approximate surface area is 139 Å². The molecule has 4 nitrogen and oxygen atoms in total. The second kappa shape index (κ2) is 7.75. The van der Waals surface area contributed by atoms with Gasteiger partial charge in [-0.25, -0.2) is 4.39 Å². The van der Waals surface area contributed by atoms with Crippen molar-refractivity contribution in [3.63, 3.8) is 0 Å². The number of halogens is 1. The summed E-state index contributed by atoms with van der Waals surface area (Å²) in [5.41, 5.74) is 0.483. The van der Waals surface area contributed by atoms with Gasteiger partial charge in [-0.2, -0.15) is 0 Å². The van der Waals surface area contributed by atoms with E-state index in [-0.39, 0.29) is 11.4 Å². The van der Waals surface area contributed by atoms with E-state index in [0.717, 1.165) is 36.6 Å². The monoisotopic (exact) mass is 333 g/mol. The SMILES string of the molecule is O=c1[nH]ccnc1CN1CCC(CSc2cccc(F)c2)CC1. The maximum atomic E-state index is 13.2. The standard InChI is InChI=1S/C17H20FN3OS/c18-14-2-1-3-15(10-14)23-12-13-4-8-21(9-5-13)11-16-17(22)20-7-6-19-16/h1-3,6-7,10,13H,4-5,8-9,11-12H2,(H,20,22). The molecule has 0 saturated carbocycles. The first kappa shape index (κ1) is 16.2. The summed E-state index contributed by atoms with van der Waals surface area (Å²) in [5.74, 6) is 1.48. The molecular weight excluding hydrogens is 313 g/mol. The average Bonchev–Trinajstić information content (AvgIpc) is 2.56. The van der Waals surface area contributed by atoms with E-state index in [1.165, 1.54) is 6.07 Å². The van der Waals surface area contributed by atoms with Gasteiger partial charge in [-0.1, -0.05) is 6.07 Å². The molecule has 1 aliphatic heterocycles. The number of aromatic amines is 1. The quantitative estimate of drug-likeness (QED) is 0.855. The molecule has 122 valence electrons. The molecule has 1 fully saturated rings. The molecule has 0 atom stereocenters. The molecule has 1 saturated heterocycles. The van der Waals surface area contributed by atoms with Gasteiger partial charge in [0.1, 0.15) is 11.5 Å². The number of hydrogen-bond acceptors (Lipinski definition) is 4. The van der Waals surface area contributed by atoms with Crippen LogP contribution in [-0.2, 0) is 6.54 Å². The van der Waals surface area contributed by atoms with E-state index in [4.69, 9.17) is 0 Å². The molecule has 1 N–H and O–H groups in total. The molecule has 2 aromatic rings. The van der Waals surface area contributed by atoms with Crippen molar-refractivity contribution in [2.24, 2.45) is 5.92 Å². The van der Waals surface area contributed by atoms with E-state index in [2.05, 4.69) is 14.9 Å². The van der Waals surface area contributed by atoms with Crippen LogP contribution in [0.15, 0.2) is 46.3 Å². The lowest BCUT2D eigenvalue weighted by atomic mass is 9.99. The van der Waals surface area contributed by atoms with Crippen LogP contribution in [0.25, 0.3) is 0 Å². The van der Waals surface area contributed by atoms with E-state index in [1.54, 1.807) is 36.3 Å². The van der Waals surface area contributed by atoms with Gasteiger partial charge in [0.15, 0.2) is 0 Å². The molecule has 0 spiro atoms. The fourth-order valence-corrected chi connectivity index (χ4v) is 3.92. The molecular formula is C17H20FN3OS. The van der Waals surface area contributed by atoms with Crippen LogP contribution in [0.2, 0.25) is 0 Å². The zero-order chi connectivity index (χ0) is 16.1. The van der Waals surface area contributed by atoms with Gasteiger partial charge in [-0.15, -0.1) is 11.8 Å². The molecule has 23 heavy (non-hydrogen) atoms. The fraction of sp³-hybridized carbons (Fsp3) is 0.412. The fourth-order valence-electron chi connectivity index (χ4n) is 2.79. The Hall–Kier alpha value is -1.66. The molecule has 0 unspecified atom stereocenters. The third kappa shape index (κ3) is 4.65. The van der Waals surface area contributed by atoms with E-state index < -0.39 is 0 Å². The van der Waals surface area contributed by atoms with Gasteiger partial charge in [0.25, 0.3) is 5.56 Å². The summed E-state index contributed by atoms with van der Waals surface area (Å²) in [5, 5.41) is 0. The molecule has 0 radical (unpaired) electrons. The Kier molecular flexibility index (Phi) is 5.46. The maximum Gasteiger partial charge on any atom is 0.270 e. The highest BCUT2D eigenvalue weighted by Gasteiger charge is 2.20. The first-order chi connectivity index (χ1) is 11.2. The van der Waals surface area contributed by atoms with Crippen LogP contribution in [0.3, 0.4) is 0 Å². The Morgan fingerprint density at radius 3 is 2.91 bits per heavy atom. The minimum absolute atomic E-state index is 0.101. The smallest absolute Gasteiger partial charge is 0.270 e. The molecule has 0 aliphatic carbocycles. The van der Waals surface area contributed by atoms with Crippen molar-refractivity contribution in [3.8, 4) is 0 Å².